The number of rotatable bonds is 11. The topological polar surface area (TPSA) is 106 Å². The van der Waals surface area contributed by atoms with Crippen LogP contribution in [0.5, 0.6) is 17.2 Å². The van der Waals surface area contributed by atoms with Crippen LogP contribution in [0.25, 0.3) is 0 Å². The van der Waals surface area contributed by atoms with Crippen molar-refractivity contribution in [3.63, 3.8) is 0 Å². The molecule has 0 unspecified atom stereocenters. The number of aromatic carboxylic acids is 1. The first-order valence-corrected chi connectivity index (χ1v) is 12.1. The van der Waals surface area contributed by atoms with Crippen LogP contribution >= 0.6 is 31.9 Å². The molecular formula is C26H22Br2N2O6. The van der Waals surface area contributed by atoms with E-state index < -0.39 is 11.9 Å². The van der Waals surface area contributed by atoms with Crippen LogP contribution in [0.2, 0.25) is 0 Å². The monoisotopic (exact) mass is 616 g/mol. The number of methoxy groups -OCH3 is 1. The highest BCUT2D eigenvalue weighted by molar-refractivity contribution is 9.11. The number of benzene rings is 3. The zero-order valence-electron chi connectivity index (χ0n) is 19.2. The molecule has 2 N–H and O–H groups in total. The second-order valence-electron chi connectivity index (χ2n) is 7.26. The smallest absolute Gasteiger partial charge is 0.335 e. The number of nitrogens with zero attached hydrogens (tertiary/aromatic N) is 1. The summed E-state index contributed by atoms with van der Waals surface area (Å²) in [6.45, 7) is 4.12. The molecule has 0 bridgehead atoms. The van der Waals surface area contributed by atoms with Crippen molar-refractivity contribution in [3.05, 3.63) is 98.5 Å². The number of hydrogen-bond acceptors (Lipinski definition) is 6. The minimum Gasteiger partial charge on any atom is -0.493 e. The summed E-state index contributed by atoms with van der Waals surface area (Å²) >= 11 is 6.93. The molecule has 8 nitrogen and oxygen atoms in total. The molecule has 0 aliphatic heterocycles. The van der Waals surface area contributed by atoms with Gasteiger partial charge in [-0.2, -0.15) is 5.10 Å². The van der Waals surface area contributed by atoms with E-state index in [1.807, 2.05) is 6.07 Å². The van der Waals surface area contributed by atoms with Gasteiger partial charge in [-0.15, -0.1) is 0 Å². The zero-order valence-corrected chi connectivity index (χ0v) is 22.3. The van der Waals surface area contributed by atoms with E-state index in [0.717, 1.165) is 10.0 Å². The molecule has 0 heterocycles. The van der Waals surface area contributed by atoms with E-state index in [4.69, 9.17) is 19.3 Å². The predicted molar refractivity (Wildman–Crippen MR) is 143 cm³/mol. The molecule has 0 saturated heterocycles. The number of carbonyl (C=O) groups excluding carboxylic acids is 1. The van der Waals surface area contributed by atoms with Crippen LogP contribution in [-0.2, 0) is 6.61 Å². The molecule has 0 aliphatic carbocycles. The van der Waals surface area contributed by atoms with Gasteiger partial charge >= 0.3 is 5.97 Å². The fraction of sp³-hybridized carbons (Fsp3) is 0.115. The zero-order chi connectivity index (χ0) is 26.1. The first-order valence-electron chi connectivity index (χ1n) is 10.5. The Hall–Kier alpha value is -3.63. The number of nitrogens with one attached hydrogen (secondary N) is 1. The van der Waals surface area contributed by atoms with Crippen LogP contribution in [0.15, 0.2) is 81.3 Å². The van der Waals surface area contributed by atoms with Crippen LogP contribution in [0.1, 0.15) is 31.8 Å². The summed E-state index contributed by atoms with van der Waals surface area (Å²) in [6, 6.07) is 14.8. The van der Waals surface area contributed by atoms with Crippen molar-refractivity contribution in [2.45, 2.75) is 6.61 Å². The third-order valence-corrected chi connectivity index (χ3v) is 5.82. The molecule has 0 saturated carbocycles. The van der Waals surface area contributed by atoms with Crippen LogP contribution in [0.3, 0.4) is 0 Å². The highest BCUT2D eigenvalue weighted by atomic mass is 79.9. The maximum Gasteiger partial charge on any atom is 0.335 e. The van der Waals surface area contributed by atoms with Crippen molar-refractivity contribution in [3.8, 4) is 17.2 Å². The minimum atomic E-state index is -0.992. The largest absolute Gasteiger partial charge is 0.493 e. The third kappa shape index (κ3) is 7.19. The van der Waals surface area contributed by atoms with E-state index in [2.05, 4.69) is 49.0 Å². The molecule has 0 atom stereocenters. The standard InChI is InChI=1S/C26H22Br2N2O6/c1-3-10-35-22-9-8-18(12-23(22)34-2)25(31)30-29-14-19-11-20(27)13-21(28)24(19)36-15-16-4-6-17(7-5-16)26(32)33/h3-9,11-14H,1,10,15H2,2H3,(H,30,31)(H,32,33)/b29-14+. The summed E-state index contributed by atoms with van der Waals surface area (Å²) in [5.41, 5.74) is 4.43. The summed E-state index contributed by atoms with van der Waals surface area (Å²) in [7, 11) is 1.49. The number of hydrogen-bond donors (Lipinski definition) is 2. The molecule has 0 aliphatic rings. The Kier molecular flexibility index (Phi) is 9.66. The lowest BCUT2D eigenvalue weighted by Gasteiger charge is -2.12. The van der Waals surface area contributed by atoms with Crippen LogP contribution < -0.4 is 19.6 Å². The summed E-state index contributed by atoms with van der Waals surface area (Å²) in [6.07, 6.45) is 3.08. The number of carboxylic acids is 1. The molecule has 3 rings (SSSR count). The Bertz CT molecular complexity index is 1290. The molecule has 0 fully saturated rings. The number of amides is 1. The summed E-state index contributed by atoms with van der Waals surface area (Å²) in [5, 5.41) is 13.1. The first-order chi connectivity index (χ1) is 17.3. The molecule has 186 valence electrons. The Labute approximate surface area is 224 Å². The lowest BCUT2D eigenvalue weighted by Crippen LogP contribution is -2.17. The molecule has 0 radical (unpaired) electrons. The summed E-state index contributed by atoms with van der Waals surface area (Å²) < 4.78 is 18.2. The highest BCUT2D eigenvalue weighted by Crippen LogP contribution is 2.33. The van der Waals surface area contributed by atoms with Crippen molar-refractivity contribution in [1.29, 1.82) is 0 Å². The second kappa shape index (κ2) is 12.9. The van der Waals surface area contributed by atoms with E-state index in [1.54, 1.807) is 42.5 Å². The van der Waals surface area contributed by atoms with Gasteiger partial charge < -0.3 is 19.3 Å². The first kappa shape index (κ1) is 27.0. The molecule has 1 amide bonds. The highest BCUT2D eigenvalue weighted by Gasteiger charge is 2.12. The lowest BCUT2D eigenvalue weighted by molar-refractivity contribution is 0.0696. The molecule has 0 aromatic heterocycles. The average molecular weight is 618 g/mol. The van der Waals surface area contributed by atoms with Gasteiger partial charge in [0.15, 0.2) is 11.5 Å². The van der Waals surface area contributed by atoms with Crippen LogP contribution in [0.4, 0.5) is 0 Å². The molecule has 10 heteroatoms. The quantitative estimate of drug-likeness (QED) is 0.159. The number of carbonyl (C=O) groups is 2. The Morgan fingerprint density at radius 3 is 2.42 bits per heavy atom. The number of hydrazone groups is 1. The van der Waals surface area contributed by atoms with E-state index in [-0.39, 0.29) is 12.2 Å². The minimum absolute atomic E-state index is 0.198. The van der Waals surface area contributed by atoms with Gasteiger partial charge in [-0.3, -0.25) is 4.79 Å². The van der Waals surface area contributed by atoms with Gasteiger partial charge in [0, 0.05) is 15.6 Å². The number of halogens is 2. The summed E-state index contributed by atoms with van der Waals surface area (Å²) in [4.78, 5) is 23.6. The second-order valence-corrected chi connectivity index (χ2v) is 9.03. The van der Waals surface area contributed by atoms with E-state index in [9.17, 15) is 9.59 Å². The molecule has 0 spiro atoms. The van der Waals surface area contributed by atoms with Crippen molar-refractivity contribution in [1.82, 2.24) is 5.43 Å². The number of ether oxygens (including phenoxy) is 3. The SMILES string of the molecule is C=CCOc1ccc(C(=O)N/N=C/c2cc(Br)cc(Br)c2OCc2ccc(C(=O)O)cc2)cc1OC. The van der Waals surface area contributed by atoms with Crippen LogP contribution in [0, 0.1) is 0 Å². The van der Waals surface area contributed by atoms with E-state index in [1.165, 1.54) is 25.5 Å². The van der Waals surface area contributed by atoms with Gasteiger partial charge in [0.1, 0.15) is 19.0 Å². The normalized spacial score (nSPS) is 10.6. The lowest BCUT2D eigenvalue weighted by atomic mass is 10.1. The van der Waals surface area contributed by atoms with Crippen molar-refractivity contribution in [2.24, 2.45) is 5.10 Å². The summed E-state index contributed by atoms with van der Waals surface area (Å²) in [5.74, 6) is -0.0137. The van der Waals surface area contributed by atoms with E-state index in [0.29, 0.717) is 39.5 Å². The van der Waals surface area contributed by atoms with Gasteiger partial charge in [0.25, 0.3) is 5.91 Å². The molecular weight excluding hydrogens is 596 g/mol. The van der Waals surface area contributed by atoms with Crippen molar-refractivity contribution >= 4 is 50.0 Å². The van der Waals surface area contributed by atoms with Gasteiger partial charge in [-0.1, -0.05) is 40.7 Å². The van der Waals surface area contributed by atoms with Crippen molar-refractivity contribution < 1.29 is 28.9 Å². The van der Waals surface area contributed by atoms with Crippen molar-refractivity contribution in [2.75, 3.05) is 13.7 Å². The van der Waals surface area contributed by atoms with Crippen LogP contribution in [-0.4, -0.2) is 36.9 Å². The predicted octanol–water partition coefficient (Wildman–Crippen LogP) is 5.83. The van der Waals surface area contributed by atoms with Gasteiger partial charge in [-0.05, 0) is 64.0 Å². The molecule has 3 aromatic rings. The molecule has 3 aromatic carbocycles. The fourth-order valence-corrected chi connectivity index (χ4v) is 4.40. The number of carboxylic acid groups (broad SMARTS) is 1. The molecule has 36 heavy (non-hydrogen) atoms. The fourth-order valence-electron chi connectivity index (χ4n) is 3.03. The maximum atomic E-state index is 12.6. The average Bonchev–Trinajstić information content (AvgIpc) is 2.86. The maximum absolute atomic E-state index is 12.6. The van der Waals surface area contributed by atoms with Gasteiger partial charge in [0.05, 0.1) is 23.4 Å². The Balaban J connectivity index is 1.72. The van der Waals surface area contributed by atoms with Gasteiger partial charge in [-0.25, -0.2) is 10.2 Å². The van der Waals surface area contributed by atoms with Gasteiger partial charge in [0.2, 0.25) is 0 Å². The Morgan fingerprint density at radius 2 is 1.75 bits per heavy atom. The third-order valence-electron chi connectivity index (χ3n) is 4.77. The van der Waals surface area contributed by atoms with E-state index >= 15 is 0 Å². The Morgan fingerprint density at radius 1 is 1.03 bits per heavy atom.